The fourth-order valence-electron chi connectivity index (χ4n) is 1.33. The molecule has 0 bridgehead atoms. The van der Waals surface area contributed by atoms with Gasteiger partial charge in [0.05, 0.1) is 5.92 Å². The first-order valence-corrected chi connectivity index (χ1v) is 4.04. The molecule has 0 aliphatic carbocycles. The molecule has 0 radical (unpaired) electrons. The molecule has 1 aromatic rings. The summed E-state index contributed by atoms with van der Waals surface area (Å²) in [6.07, 6.45) is 1.10. The lowest BCUT2D eigenvalue weighted by molar-refractivity contribution is -0.469. The zero-order chi connectivity index (χ0) is 8.27. The van der Waals surface area contributed by atoms with Crippen LogP contribution in [0.15, 0.2) is 0 Å². The van der Waals surface area contributed by atoms with E-state index >= 15 is 0 Å². The summed E-state index contributed by atoms with van der Waals surface area (Å²) in [6.45, 7) is 6.54. The number of hydrogen-bond acceptors (Lipinski definition) is 2. The van der Waals surface area contributed by atoms with Crippen LogP contribution in [0, 0.1) is 5.92 Å². The highest BCUT2D eigenvalue weighted by molar-refractivity contribution is 4.85. The predicted octanol–water partition coefficient (Wildman–Crippen LogP) is 0.768. The van der Waals surface area contributed by atoms with Gasteiger partial charge in [-0.05, 0) is 12.3 Å². The molecule has 1 atom stereocenters. The van der Waals surface area contributed by atoms with E-state index in [1.165, 1.54) is 0 Å². The monoisotopic (exact) mass is 155 g/mol. The van der Waals surface area contributed by atoms with Gasteiger partial charge >= 0.3 is 5.82 Å². The van der Waals surface area contributed by atoms with E-state index in [4.69, 9.17) is 0 Å². The zero-order valence-electron chi connectivity index (χ0n) is 7.26. The third kappa shape index (κ3) is 1.76. The lowest BCUT2D eigenvalue weighted by atomic mass is 9.93. The van der Waals surface area contributed by atoms with E-state index < -0.39 is 0 Å². The zero-order valence-corrected chi connectivity index (χ0v) is 7.26. The maximum Gasteiger partial charge on any atom is 0.301 e. The average Bonchev–Trinajstić information content (AvgIpc) is 2.40. The molecule has 4 heteroatoms. The Balaban J connectivity index is 2.71. The molecule has 2 N–H and O–H groups in total. The van der Waals surface area contributed by atoms with E-state index in [9.17, 15) is 0 Å². The number of hydrogen-bond donors (Lipinski definition) is 1. The van der Waals surface area contributed by atoms with Gasteiger partial charge in [0, 0.05) is 0 Å². The second-order valence-corrected chi connectivity index (χ2v) is 3.08. The Kier molecular flexibility index (Phi) is 2.57. The van der Waals surface area contributed by atoms with Crippen molar-refractivity contribution in [3.05, 3.63) is 5.82 Å². The van der Waals surface area contributed by atoms with E-state index in [-0.39, 0.29) is 0 Å². The molecule has 1 aromatic heterocycles. The molecule has 0 aliphatic heterocycles. The topological polar surface area (TPSA) is 55.7 Å². The summed E-state index contributed by atoms with van der Waals surface area (Å²) in [4.78, 5) is 0. The van der Waals surface area contributed by atoms with E-state index in [0.29, 0.717) is 11.8 Å². The van der Waals surface area contributed by atoms with Gasteiger partial charge in [0.2, 0.25) is 0 Å². The van der Waals surface area contributed by atoms with Crippen molar-refractivity contribution in [1.82, 2.24) is 15.5 Å². The number of nitrogens with one attached hydrogen (secondary N) is 2. The SMILES string of the molecule is CC[C@@H](c1nn[nH][nH+]1)C(C)C. The molecule has 0 spiro atoms. The highest BCUT2D eigenvalue weighted by Gasteiger charge is 2.22. The Morgan fingerprint density at radius 2 is 2.27 bits per heavy atom. The van der Waals surface area contributed by atoms with E-state index in [1.807, 2.05) is 0 Å². The van der Waals surface area contributed by atoms with Crippen LogP contribution in [0.25, 0.3) is 0 Å². The molecule has 0 aromatic carbocycles. The van der Waals surface area contributed by atoms with Crippen LogP contribution < -0.4 is 5.10 Å². The summed E-state index contributed by atoms with van der Waals surface area (Å²) in [5.41, 5.74) is 0. The molecule has 4 nitrogen and oxygen atoms in total. The maximum atomic E-state index is 3.95. The summed E-state index contributed by atoms with van der Waals surface area (Å²) in [6, 6.07) is 0. The van der Waals surface area contributed by atoms with Crippen molar-refractivity contribution in [2.24, 2.45) is 5.92 Å². The number of rotatable bonds is 3. The molecule has 0 fully saturated rings. The molecule has 1 heterocycles. The minimum atomic E-state index is 0.494. The molecule has 62 valence electrons. The second-order valence-electron chi connectivity index (χ2n) is 3.08. The van der Waals surface area contributed by atoms with Gasteiger partial charge in [0.15, 0.2) is 5.21 Å². The third-order valence-corrected chi connectivity index (χ3v) is 1.99. The van der Waals surface area contributed by atoms with Gasteiger partial charge in [-0.2, -0.15) is 5.10 Å². The Morgan fingerprint density at radius 1 is 1.55 bits per heavy atom. The number of H-pyrrole nitrogens is 2. The van der Waals surface area contributed by atoms with Crippen molar-refractivity contribution < 1.29 is 5.10 Å². The van der Waals surface area contributed by atoms with Crippen LogP contribution in [0.2, 0.25) is 0 Å². The molecule has 1 rings (SSSR count). The molecule has 0 aliphatic rings. The van der Waals surface area contributed by atoms with Gasteiger partial charge in [-0.1, -0.05) is 26.0 Å². The van der Waals surface area contributed by atoms with Crippen LogP contribution in [-0.4, -0.2) is 15.5 Å². The Labute approximate surface area is 66.4 Å². The highest BCUT2D eigenvalue weighted by atomic mass is 15.5. The van der Waals surface area contributed by atoms with Crippen molar-refractivity contribution >= 4 is 0 Å². The highest BCUT2D eigenvalue weighted by Crippen LogP contribution is 2.21. The molecule has 11 heavy (non-hydrogen) atoms. The Bertz CT molecular complexity index is 192. The molecule has 0 saturated heterocycles. The summed E-state index contributed by atoms with van der Waals surface area (Å²) in [7, 11) is 0. The van der Waals surface area contributed by atoms with E-state index in [2.05, 4.69) is 41.4 Å². The van der Waals surface area contributed by atoms with Gasteiger partial charge in [-0.15, -0.1) is 0 Å². The lowest BCUT2D eigenvalue weighted by Gasteiger charge is -2.10. The van der Waals surface area contributed by atoms with E-state index in [0.717, 1.165) is 12.2 Å². The molecule has 0 saturated carbocycles. The quantitative estimate of drug-likeness (QED) is 0.700. The minimum Gasteiger partial charge on any atom is -0.176 e. The van der Waals surface area contributed by atoms with Crippen molar-refractivity contribution in [2.45, 2.75) is 33.1 Å². The lowest BCUT2D eigenvalue weighted by Crippen LogP contribution is -2.18. The normalized spacial score (nSPS) is 13.8. The largest absolute Gasteiger partial charge is 0.301 e. The first-order chi connectivity index (χ1) is 5.25. The van der Waals surface area contributed by atoms with Crippen LogP contribution in [0.3, 0.4) is 0 Å². The minimum absolute atomic E-state index is 0.494. The van der Waals surface area contributed by atoms with Crippen LogP contribution in [0.1, 0.15) is 38.9 Å². The number of nitrogens with zero attached hydrogens (tertiary/aromatic N) is 2. The van der Waals surface area contributed by atoms with Gasteiger partial charge in [-0.3, -0.25) is 0 Å². The number of tetrazole rings is 1. The summed E-state index contributed by atoms with van der Waals surface area (Å²) < 4.78 is 0. The standard InChI is InChI=1S/C7H14N4/c1-4-6(5(2)3)7-8-10-11-9-7/h5-6H,4H2,1-3H3,(H,8,9,10,11)/p+1/t6-/m1/s1. The van der Waals surface area contributed by atoms with Crippen LogP contribution in [0.5, 0.6) is 0 Å². The molecular weight excluding hydrogens is 140 g/mol. The second kappa shape index (κ2) is 3.46. The Hall–Kier alpha value is -0.930. The van der Waals surface area contributed by atoms with Gasteiger partial charge in [-0.25, -0.2) is 0 Å². The van der Waals surface area contributed by atoms with Gasteiger partial charge < -0.3 is 0 Å². The van der Waals surface area contributed by atoms with E-state index in [1.54, 1.807) is 0 Å². The molecular formula is C7H15N4+. The summed E-state index contributed by atoms with van der Waals surface area (Å²) in [5.74, 6) is 2.07. The summed E-state index contributed by atoms with van der Waals surface area (Å²) >= 11 is 0. The number of aromatic amines is 2. The van der Waals surface area contributed by atoms with Crippen LogP contribution >= 0.6 is 0 Å². The van der Waals surface area contributed by atoms with Crippen LogP contribution in [-0.2, 0) is 0 Å². The molecule has 0 amide bonds. The van der Waals surface area contributed by atoms with Gasteiger partial charge in [0.1, 0.15) is 5.10 Å². The first-order valence-electron chi connectivity index (χ1n) is 4.04. The first kappa shape index (κ1) is 8.17. The average molecular weight is 155 g/mol. The van der Waals surface area contributed by atoms with Crippen molar-refractivity contribution in [3.8, 4) is 0 Å². The Morgan fingerprint density at radius 3 is 2.64 bits per heavy atom. The van der Waals surface area contributed by atoms with Gasteiger partial charge in [0.25, 0.3) is 0 Å². The number of aromatic nitrogens is 4. The summed E-state index contributed by atoms with van der Waals surface area (Å²) in [5, 5.41) is 13.1. The van der Waals surface area contributed by atoms with Crippen molar-refractivity contribution in [3.63, 3.8) is 0 Å². The third-order valence-electron chi connectivity index (χ3n) is 1.99. The molecule has 0 unspecified atom stereocenters. The van der Waals surface area contributed by atoms with Crippen molar-refractivity contribution in [2.75, 3.05) is 0 Å². The fourth-order valence-corrected chi connectivity index (χ4v) is 1.33. The fraction of sp³-hybridized carbons (Fsp3) is 0.857. The van der Waals surface area contributed by atoms with Crippen molar-refractivity contribution in [1.29, 1.82) is 0 Å². The predicted molar refractivity (Wildman–Crippen MR) is 40.8 cm³/mol. The maximum absolute atomic E-state index is 3.95. The van der Waals surface area contributed by atoms with Crippen LogP contribution in [0.4, 0.5) is 0 Å². The smallest absolute Gasteiger partial charge is 0.176 e.